The van der Waals surface area contributed by atoms with Crippen molar-refractivity contribution in [1.82, 2.24) is 0 Å². The molecule has 2 rings (SSSR count). The fraction of sp³-hybridized carbons (Fsp3) is 0.804. The molecule has 2 aliphatic heterocycles. The van der Waals surface area contributed by atoms with E-state index in [0.717, 1.165) is 67.1 Å². The molecule has 0 saturated carbocycles. The van der Waals surface area contributed by atoms with Crippen molar-refractivity contribution in [3.63, 3.8) is 0 Å². The molecule has 0 N–H and O–H groups in total. The van der Waals surface area contributed by atoms with Gasteiger partial charge in [0.25, 0.3) is 0 Å². The number of esters is 7. The van der Waals surface area contributed by atoms with Crippen molar-refractivity contribution in [2.45, 2.75) is 207 Å². The summed E-state index contributed by atoms with van der Waals surface area (Å²) in [4.78, 5) is 86.5. The van der Waals surface area contributed by atoms with Gasteiger partial charge in [-0.05, 0) is 17.7 Å². The van der Waals surface area contributed by atoms with Crippen molar-refractivity contribution in [2.24, 2.45) is 0 Å². The van der Waals surface area contributed by atoms with Gasteiger partial charge in [-0.2, -0.15) is 11.8 Å². The largest absolute Gasteiger partial charge is 0.463 e. The Morgan fingerprint density at radius 1 is 0.462 bits per heavy atom. The first-order chi connectivity index (χ1) is 30.9. The average molecular weight is 947 g/mol. The minimum Gasteiger partial charge on any atom is -0.463 e. The van der Waals surface area contributed by atoms with Gasteiger partial charge in [0, 0.05) is 54.2 Å². The highest BCUT2D eigenvalue weighted by Crippen LogP contribution is 2.36. The van der Waals surface area contributed by atoms with E-state index in [1.54, 1.807) is 11.8 Å². The number of rotatable bonds is 31. The van der Waals surface area contributed by atoms with Gasteiger partial charge in [-0.3, -0.25) is 33.6 Å². The van der Waals surface area contributed by atoms with Crippen LogP contribution in [-0.4, -0.2) is 135 Å². The molecule has 10 atom stereocenters. The molecule has 2 heterocycles. The molecule has 0 unspecified atom stereocenters. The summed E-state index contributed by atoms with van der Waals surface area (Å²) in [6.07, 6.45) is 2.58. The molecular weight excluding hydrogens is 873 g/mol. The number of thioether (sulfide) groups is 1. The molecule has 0 spiro atoms. The van der Waals surface area contributed by atoms with Gasteiger partial charge in [0.05, 0.1) is 6.61 Å². The van der Waals surface area contributed by atoms with Crippen molar-refractivity contribution < 1.29 is 85.7 Å². The Hall–Kier alpha value is -3.78. The van der Waals surface area contributed by atoms with Crippen LogP contribution in [0.1, 0.15) is 145 Å². The van der Waals surface area contributed by atoms with Crippen molar-refractivity contribution in [3.8, 4) is 0 Å². The lowest BCUT2D eigenvalue weighted by molar-refractivity contribution is -0.360. The zero-order valence-electron chi connectivity index (χ0n) is 39.7. The predicted octanol–water partition coefficient (Wildman–Crippen LogP) is 6.39. The zero-order chi connectivity index (χ0) is 48.3. The van der Waals surface area contributed by atoms with Gasteiger partial charge in [-0.25, -0.2) is 0 Å². The van der Waals surface area contributed by atoms with Gasteiger partial charge in [-0.15, -0.1) is 0 Å². The van der Waals surface area contributed by atoms with E-state index in [0.29, 0.717) is 11.3 Å². The van der Waals surface area contributed by atoms with Crippen molar-refractivity contribution >= 4 is 53.5 Å². The Morgan fingerprint density at radius 3 is 1.28 bits per heavy atom. The summed E-state index contributed by atoms with van der Waals surface area (Å²) in [5.74, 6) is -4.23. The van der Waals surface area contributed by atoms with Crippen LogP contribution in [0, 0.1) is 0 Å². The molecule has 0 aromatic heterocycles. The summed E-state index contributed by atoms with van der Waals surface area (Å²) in [5, 5.41) is 0. The van der Waals surface area contributed by atoms with Gasteiger partial charge in [0.1, 0.15) is 31.5 Å². The minimum atomic E-state index is -1.78. The highest BCUT2D eigenvalue weighted by atomic mass is 32.2. The summed E-state index contributed by atoms with van der Waals surface area (Å²) in [6.45, 7) is 12.9. The standard InChI is InChI=1S/C46H74O18S/c1-10-11-12-13-14-15-16-17-18-19-20-21-22-23-24-65-28-29(2)25-56-45-43(60-35(8)52)42(59-34(7)51)40(38(62-45)27-55-31(4)48)64-46-44(61-36(9)53)41(58-33(6)50)39(57-32(5)49)37(63-46)26-54-30(3)47/h37-46H,2,10-28H2,1,3-9H3/t37-,38-,39+,40+,41+,42+,43-,44-,45+,46+/m1/s1. The Morgan fingerprint density at radius 2 is 0.831 bits per heavy atom. The molecule has 372 valence electrons. The number of hydrogen-bond acceptors (Lipinski definition) is 19. The first-order valence-corrected chi connectivity index (χ1v) is 24.0. The lowest BCUT2D eigenvalue weighted by Gasteiger charge is -2.48. The van der Waals surface area contributed by atoms with Crippen LogP contribution >= 0.6 is 11.8 Å². The monoisotopic (exact) mass is 946 g/mol. The second-order valence-electron chi connectivity index (χ2n) is 16.4. The number of carbonyl (C=O) groups excluding carboxylic acids is 7. The molecule has 18 nitrogen and oxygen atoms in total. The van der Waals surface area contributed by atoms with Crippen molar-refractivity contribution in [3.05, 3.63) is 12.2 Å². The van der Waals surface area contributed by atoms with Gasteiger partial charge >= 0.3 is 41.8 Å². The zero-order valence-corrected chi connectivity index (χ0v) is 40.5. The number of carbonyl (C=O) groups is 7. The maximum atomic E-state index is 12.7. The van der Waals surface area contributed by atoms with E-state index >= 15 is 0 Å². The third kappa shape index (κ3) is 23.5. The molecule has 65 heavy (non-hydrogen) atoms. The van der Waals surface area contributed by atoms with E-state index < -0.39 is 116 Å². The van der Waals surface area contributed by atoms with E-state index in [1.165, 1.54) is 77.0 Å². The molecule has 2 fully saturated rings. The van der Waals surface area contributed by atoms with Crippen molar-refractivity contribution in [1.29, 1.82) is 0 Å². The highest BCUT2D eigenvalue weighted by molar-refractivity contribution is 7.99. The summed E-state index contributed by atoms with van der Waals surface area (Å²) in [7, 11) is 0. The molecular formula is C46H74O18S. The smallest absolute Gasteiger partial charge is 0.303 e. The van der Waals surface area contributed by atoms with Gasteiger partial charge in [0.15, 0.2) is 43.1 Å². The summed E-state index contributed by atoms with van der Waals surface area (Å²) >= 11 is 1.71. The number of ether oxygens (including phenoxy) is 11. The van der Waals surface area contributed by atoms with Crippen LogP contribution in [0.25, 0.3) is 0 Å². The SMILES string of the molecule is C=C(CO[C@H]1O[C@H](COC(C)=O)[C@H](O[C@@H]2O[C@H](COC(C)=O)[C@H](OC(C)=O)[C@H](OC(C)=O)[C@H]2OC(C)=O)[C@H](OC(C)=O)[C@H]1OC(C)=O)CSCCCCCCCCCCCCCCCC. The normalized spacial score (nSPS) is 25.1. The molecule has 19 heteroatoms. The van der Waals surface area contributed by atoms with Crippen LogP contribution in [0.2, 0.25) is 0 Å². The molecule has 0 bridgehead atoms. The summed E-state index contributed by atoms with van der Waals surface area (Å²) in [5.41, 5.74) is 0.696. The lowest BCUT2D eigenvalue weighted by atomic mass is 9.96. The Labute approximate surface area is 388 Å². The molecule has 0 aromatic rings. The van der Waals surface area contributed by atoms with Crippen molar-refractivity contribution in [2.75, 3.05) is 31.3 Å². The second-order valence-corrected chi connectivity index (χ2v) is 17.5. The quantitative estimate of drug-likeness (QED) is 0.0318. The third-order valence-electron chi connectivity index (χ3n) is 10.3. The number of unbranched alkanes of at least 4 members (excludes halogenated alkanes) is 13. The minimum absolute atomic E-state index is 0.0491. The van der Waals surface area contributed by atoms with E-state index in [1.807, 2.05) is 0 Å². The lowest BCUT2D eigenvalue weighted by Crippen LogP contribution is -2.67. The molecule has 2 saturated heterocycles. The highest BCUT2D eigenvalue weighted by Gasteiger charge is 2.57. The van der Waals surface area contributed by atoms with Gasteiger partial charge in [-0.1, -0.05) is 97.0 Å². The predicted molar refractivity (Wildman–Crippen MR) is 236 cm³/mol. The first kappa shape index (κ1) is 57.3. The average Bonchev–Trinajstić information content (AvgIpc) is 3.21. The van der Waals surface area contributed by atoms with Gasteiger partial charge < -0.3 is 52.1 Å². The fourth-order valence-corrected chi connectivity index (χ4v) is 8.39. The Bertz CT molecular complexity index is 1510. The first-order valence-electron chi connectivity index (χ1n) is 22.9. The van der Waals surface area contributed by atoms with E-state index in [2.05, 4.69) is 13.5 Å². The van der Waals surface area contributed by atoms with Gasteiger partial charge in [0.2, 0.25) is 0 Å². The molecule has 0 aliphatic carbocycles. The van der Waals surface area contributed by atoms with Crippen LogP contribution in [0.15, 0.2) is 12.2 Å². The van der Waals surface area contributed by atoms with Crippen LogP contribution in [-0.2, 0) is 85.7 Å². The molecule has 0 aromatic carbocycles. The maximum Gasteiger partial charge on any atom is 0.303 e. The molecule has 0 radical (unpaired) electrons. The third-order valence-corrected chi connectivity index (χ3v) is 11.5. The van der Waals surface area contributed by atoms with Crippen LogP contribution in [0.3, 0.4) is 0 Å². The molecule has 0 amide bonds. The second kappa shape index (κ2) is 32.0. The van der Waals surface area contributed by atoms with Crippen LogP contribution in [0.4, 0.5) is 0 Å². The van der Waals surface area contributed by atoms with E-state index in [-0.39, 0.29) is 6.61 Å². The number of hydrogen-bond donors (Lipinski definition) is 0. The fourth-order valence-electron chi connectivity index (χ4n) is 7.46. The Balaban J connectivity index is 2.23. The summed E-state index contributed by atoms with van der Waals surface area (Å²) < 4.78 is 63.3. The topological polar surface area (TPSA) is 221 Å². The summed E-state index contributed by atoms with van der Waals surface area (Å²) in [6, 6.07) is 0. The molecule has 2 aliphatic rings. The van der Waals surface area contributed by atoms with E-state index in [9.17, 15) is 33.6 Å². The van der Waals surface area contributed by atoms with Crippen LogP contribution in [0.5, 0.6) is 0 Å². The maximum absolute atomic E-state index is 12.7. The Kier molecular flexibility index (Phi) is 28.2. The van der Waals surface area contributed by atoms with Crippen LogP contribution < -0.4 is 0 Å². The van der Waals surface area contributed by atoms with E-state index in [4.69, 9.17) is 52.1 Å².